The molecule has 0 aliphatic rings. The first kappa shape index (κ1) is 22.7. The number of ether oxygens (including phenoxy) is 1. The molecule has 0 saturated carbocycles. The normalized spacial score (nSPS) is 12.8. The van der Waals surface area contributed by atoms with Gasteiger partial charge in [0.05, 0.1) is 22.5 Å². The van der Waals surface area contributed by atoms with E-state index in [0.717, 1.165) is 27.7 Å². The number of para-hydroxylation sites is 1. The van der Waals surface area contributed by atoms with E-state index in [2.05, 4.69) is 4.98 Å². The summed E-state index contributed by atoms with van der Waals surface area (Å²) in [7, 11) is 0. The van der Waals surface area contributed by atoms with Crippen LogP contribution in [0.15, 0.2) is 72.9 Å². The molecule has 0 aliphatic heterocycles. The Labute approximate surface area is 203 Å². The van der Waals surface area contributed by atoms with Crippen molar-refractivity contribution in [1.29, 1.82) is 0 Å². The van der Waals surface area contributed by atoms with Gasteiger partial charge >= 0.3 is 5.97 Å². The number of hydrogen-bond acceptors (Lipinski definition) is 5. The third kappa shape index (κ3) is 4.26. The van der Waals surface area contributed by atoms with E-state index in [1.165, 1.54) is 0 Å². The Morgan fingerprint density at radius 2 is 1.77 bits per heavy atom. The highest BCUT2D eigenvalue weighted by molar-refractivity contribution is 5.95. The van der Waals surface area contributed by atoms with Gasteiger partial charge in [-0.15, -0.1) is 0 Å². The van der Waals surface area contributed by atoms with Crippen LogP contribution in [0.4, 0.5) is 0 Å². The molecule has 1 N–H and O–H groups in total. The van der Waals surface area contributed by atoms with E-state index in [1.54, 1.807) is 10.7 Å². The van der Waals surface area contributed by atoms with E-state index in [-0.39, 0.29) is 0 Å². The van der Waals surface area contributed by atoms with E-state index in [1.807, 2.05) is 94.4 Å². The fourth-order valence-electron chi connectivity index (χ4n) is 4.34. The smallest absolute Gasteiger partial charge is 0.337 e. The molecule has 3 aromatic heterocycles. The largest absolute Gasteiger partial charge is 0.479 e. The number of carbonyl (C=O) groups is 1. The van der Waals surface area contributed by atoms with Crippen molar-refractivity contribution in [1.82, 2.24) is 19.6 Å². The van der Waals surface area contributed by atoms with Gasteiger partial charge in [0.25, 0.3) is 0 Å². The molecule has 0 amide bonds. The van der Waals surface area contributed by atoms with Crippen molar-refractivity contribution >= 4 is 22.5 Å². The quantitative estimate of drug-likeness (QED) is 0.349. The van der Waals surface area contributed by atoms with Crippen LogP contribution in [0.2, 0.25) is 0 Å². The number of hydrogen-bond donors (Lipinski definition) is 1. The zero-order valence-corrected chi connectivity index (χ0v) is 20.1. The summed E-state index contributed by atoms with van der Waals surface area (Å²) >= 11 is 0. The van der Waals surface area contributed by atoms with E-state index >= 15 is 0 Å². The number of aryl methyl sites for hydroxylation is 1. The average Bonchev–Trinajstić information content (AvgIpc) is 3.25. The molecule has 0 aliphatic carbocycles. The SMILES string of the molecule is Cc1nc2cc(-c3ccccc3)nn2c(-c2cccc3cccnc23)c1C(OC(C)(C)C)C(=O)O. The maximum Gasteiger partial charge on any atom is 0.337 e. The first-order valence-electron chi connectivity index (χ1n) is 11.4. The topological polar surface area (TPSA) is 89.6 Å². The Morgan fingerprint density at radius 3 is 2.49 bits per heavy atom. The lowest BCUT2D eigenvalue weighted by Gasteiger charge is -2.27. The molecular weight excluding hydrogens is 440 g/mol. The molecule has 35 heavy (non-hydrogen) atoms. The van der Waals surface area contributed by atoms with Gasteiger partial charge in [-0.2, -0.15) is 5.10 Å². The van der Waals surface area contributed by atoms with Crippen LogP contribution in [-0.4, -0.2) is 36.3 Å². The summed E-state index contributed by atoms with van der Waals surface area (Å²) in [5.74, 6) is -1.09. The lowest BCUT2D eigenvalue weighted by Crippen LogP contribution is -2.29. The van der Waals surface area contributed by atoms with Gasteiger partial charge in [-0.3, -0.25) is 4.98 Å². The van der Waals surface area contributed by atoms with E-state index in [0.29, 0.717) is 22.6 Å². The Kier molecular flexibility index (Phi) is 5.57. The molecule has 2 aromatic carbocycles. The van der Waals surface area contributed by atoms with Gasteiger partial charge < -0.3 is 9.84 Å². The third-order valence-corrected chi connectivity index (χ3v) is 5.74. The second kappa shape index (κ2) is 8.60. The summed E-state index contributed by atoms with van der Waals surface area (Å²) in [5.41, 5.74) is 4.76. The number of nitrogens with zero attached hydrogens (tertiary/aromatic N) is 4. The standard InChI is InChI=1S/C28H26N4O3/c1-17-23(26(27(33)34)35-28(2,3)4)25(20-14-8-12-19-13-9-15-29-24(19)20)32-22(30-17)16-21(31-32)18-10-6-5-7-11-18/h5-16,26H,1-4H3,(H,33,34). The highest BCUT2D eigenvalue weighted by atomic mass is 16.5. The molecule has 0 radical (unpaired) electrons. The molecule has 0 saturated heterocycles. The molecule has 1 unspecified atom stereocenters. The van der Waals surface area contributed by atoms with E-state index in [4.69, 9.17) is 14.8 Å². The Balaban J connectivity index is 1.89. The number of benzene rings is 2. The number of rotatable bonds is 5. The minimum absolute atomic E-state index is 0.459. The van der Waals surface area contributed by atoms with Crippen molar-refractivity contribution in [2.24, 2.45) is 0 Å². The molecule has 176 valence electrons. The zero-order chi connectivity index (χ0) is 24.7. The van der Waals surface area contributed by atoms with Crippen molar-refractivity contribution in [3.05, 3.63) is 84.2 Å². The Hall–Kier alpha value is -4.10. The Morgan fingerprint density at radius 1 is 1.03 bits per heavy atom. The fraction of sp³-hybridized carbons (Fsp3) is 0.214. The van der Waals surface area contributed by atoms with Crippen molar-refractivity contribution in [3.63, 3.8) is 0 Å². The average molecular weight is 467 g/mol. The van der Waals surface area contributed by atoms with Crippen LogP contribution in [0, 0.1) is 6.92 Å². The second-order valence-corrected chi connectivity index (χ2v) is 9.45. The summed E-state index contributed by atoms with van der Waals surface area (Å²) < 4.78 is 7.80. The molecular formula is C28H26N4O3. The van der Waals surface area contributed by atoms with Crippen LogP contribution >= 0.6 is 0 Å². The maximum atomic E-state index is 12.5. The number of carboxylic acids is 1. The Bertz CT molecular complexity index is 1550. The van der Waals surface area contributed by atoms with Crippen LogP contribution < -0.4 is 0 Å². The van der Waals surface area contributed by atoms with Crippen LogP contribution in [0.5, 0.6) is 0 Å². The van der Waals surface area contributed by atoms with Gasteiger partial charge in [0.1, 0.15) is 0 Å². The minimum atomic E-state index is -1.25. The summed E-state index contributed by atoms with van der Waals surface area (Å²) in [4.78, 5) is 21.9. The second-order valence-electron chi connectivity index (χ2n) is 9.45. The van der Waals surface area contributed by atoms with Crippen molar-refractivity contribution in [2.75, 3.05) is 0 Å². The van der Waals surface area contributed by atoms with Crippen LogP contribution in [0.3, 0.4) is 0 Å². The summed E-state index contributed by atoms with van der Waals surface area (Å²) in [6.07, 6.45) is 0.487. The van der Waals surface area contributed by atoms with E-state index < -0.39 is 17.7 Å². The monoisotopic (exact) mass is 466 g/mol. The highest BCUT2D eigenvalue weighted by Crippen LogP contribution is 2.38. The molecule has 3 heterocycles. The molecule has 0 fully saturated rings. The van der Waals surface area contributed by atoms with Crippen molar-refractivity contribution in [3.8, 4) is 22.5 Å². The molecule has 1 atom stereocenters. The summed E-state index contributed by atoms with van der Waals surface area (Å²) in [6.45, 7) is 7.33. The van der Waals surface area contributed by atoms with Crippen LogP contribution in [0.25, 0.3) is 39.1 Å². The van der Waals surface area contributed by atoms with Gasteiger partial charge in [0.15, 0.2) is 11.8 Å². The maximum absolute atomic E-state index is 12.5. The van der Waals surface area contributed by atoms with Gasteiger partial charge in [0.2, 0.25) is 0 Å². The molecule has 7 heteroatoms. The van der Waals surface area contributed by atoms with Crippen molar-refractivity contribution < 1.29 is 14.6 Å². The predicted molar refractivity (Wildman–Crippen MR) is 135 cm³/mol. The molecule has 5 rings (SSSR count). The van der Waals surface area contributed by atoms with Gasteiger partial charge in [0, 0.05) is 40.0 Å². The first-order chi connectivity index (χ1) is 16.7. The number of aliphatic carboxylic acids is 1. The number of pyridine rings is 1. The first-order valence-corrected chi connectivity index (χ1v) is 11.4. The molecule has 0 spiro atoms. The third-order valence-electron chi connectivity index (χ3n) is 5.74. The van der Waals surface area contributed by atoms with Gasteiger partial charge in [-0.05, 0) is 33.8 Å². The van der Waals surface area contributed by atoms with E-state index in [9.17, 15) is 9.90 Å². The summed E-state index contributed by atoms with van der Waals surface area (Å²) in [6, 6.07) is 21.5. The van der Waals surface area contributed by atoms with Crippen molar-refractivity contribution in [2.45, 2.75) is 39.4 Å². The van der Waals surface area contributed by atoms with Crippen LogP contribution in [0.1, 0.15) is 38.1 Å². The highest BCUT2D eigenvalue weighted by Gasteiger charge is 2.33. The molecule has 0 bridgehead atoms. The number of carboxylic acid groups (broad SMARTS) is 1. The molecule has 5 aromatic rings. The van der Waals surface area contributed by atoms with Gasteiger partial charge in [-0.1, -0.05) is 54.6 Å². The fourth-order valence-corrected chi connectivity index (χ4v) is 4.34. The van der Waals surface area contributed by atoms with Gasteiger partial charge in [-0.25, -0.2) is 14.3 Å². The number of aromatic nitrogens is 4. The summed E-state index contributed by atoms with van der Waals surface area (Å²) in [5, 5.41) is 16.1. The lowest BCUT2D eigenvalue weighted by atomic mass is 9.97. The zero-order valence-electron chi connectivity index (χ0n) is 20.1. The lowest BCUT2D eigenvalue weighted by molar-refractivity contribution is -0.160. The predicted octanol–water partition coefficient (Wildman–Crippen LogP) is 5.86. The molecule has 7 nitrogen and oxygen atoms in total. The minimum Gasteiger partial charge on any atom is -0.479 e. The number of fused-ring (bicyclic) bond motifs is 2. The van der Waals surface area contributed by atoms with Crippen LogP contribution in [-0.2, 0) is 9.53 Å².